The van der Waals surface area contributed by atoms with E-state index < -0.39 is 21.4 Å². The lowest BCUT2D eigenvalue weighted by Crippen LogP contribution is -2.26. The highest BCUT2D eigenvalue weighted by Crippen LogP contribution is 2.33. The quantitative estimate of drug-likeness (QED) is 0.426. The smallest absolute Gasteiger partial charge is 0.419 e. The zero-order valence-corrected chi connectivity index (χ0v) is 18.8. The van der Waals surface area contributed by atoms with Crippen LogP contribution >= 0.6 is 0 Å². The molecular weight excluding hydrogens is 446 g/mol. The van der Waals surface area contributed by atoms with Crippen molar-refractivity contribution >= 4 is 43.5 Å². The van der Waals surface area contributed by atoms with Gasteiger partial charge in [-0.1, -0.05) is 31.4 Å². The maximum absolute atomic E-state index is 13.2. The topological polar surface area (TPSA) is 124 Å². The lowest BCUT2D eigenvalue weighted by atomic mass is 9.95. The number of aryl methyl sites for hydroxylation is 1. The SMILES string of the molecule is Cn1c(=O)oc2cc(S(=O)(=O)Nc3c(NC4CCCCC4)c4ccccc4oc3=O)ccc21. The minimum Gasteiger partial charge on any atom is -0.421 e. The first-order chi connectivity index (χ1) is 15.8. The van der Waals surface area contributed by atoms with Crippen LogP contribution in [0, 0.1) is 0 Å². The molecule has 1 saturated carbocycles. The summed E-state index contributed by atoms with van der Waals surface area (Å²) in [5.74, 6) is -0.596. The molecule has 10 heteroatoms. The van der Waals surface area contributed by atoms with Crippen LogP contribution in [-0.2, 0) is 17.1 Å². The molecule has 0 amide bonds. The molecule has 0 unspecified atom stereocenters. The molecule has 0 aliphatic heterocycles. The van der Waals surface area contributed by atoms with Gasteiger partial charge in [-0.3, -0.25) is 9.29 Å². The summed E-state index contributed by atoms with van der Waals surface area (Å²) in [5, 5.41) is 4.01. The number of aromatic nitrogens is 1. The van der Waals surface area contributed by atoms with Crippen molar-refractivity contribution in [3.63, 3.8) is 0 Å². The fraction of sp³-hybridized carbons (Fsp3) is 0.304. The van der Waals surface area contributed by atoms with Gasteiger partial charge in [0.2, 0.25) is 0 Å². The summed E-state index contributed by atoms with van der Waals surface area (Å²) in [6.07, 6.45) is 5.17. The molecule has 2 aromatic heterocycles. The first-order valence-electron chi connectivity index (χ1n) is 10.8. The largest absolute Gasteiger partial charge is 0.421 e. The Hall–Kier alpha value is -3.53. The summed E-state index contributed by atoms with van der Waals surface area (Å²) < 4.78 is 40.7. The third kappa shape index (κ3) is 3.91. The molecule has 1 aliphatic carbocycles. The Bertz CT molecular complexity index is 1580. The zero-order valence-electron chi connectivity index (χ0n) is 18.0. The molecule has 2 N–H and O–H groups in total. The standard InChI is InChI=1S/C23H23N3O6S/c1-26-17-12-11-15(13-19(17)32-23(26)28)33(29,30)25-21-20(24-14-7-3-2-4-8-14)16-9-5-6-10-18(16)31-22(21)27/h5-6,9-14,24-25H,2-4,7-8H2,1H3. The maximum atomic E-state index is 13.2. The summed E-state index contributed by atoms with van der Waals surface area (Å²) in [6.45, 7) is 0. The summed E-state index contributed by atoms with van der Waals surface area (Å²) in [6, 6.07) is 11.2. The minimum atomic E-state index is -4.18. The molecule has 1 fully saturated rings. The van der Waals surface area contributed by atoms with Crippen LogP contribution in [0.2, 0.25) is 0 Å². The third-order valence-electron chi connectivity index (χ3n) is 6.08. The van der Waals surface area contributed by atoms with Crippen molar-refractivity contribution in [1.82, 2.24) is 4.57 Å². The molecule has 9 nitrogen and oxygen atoms in total. The molecule has 1 aliphatic rings. The Morgan fingerprint density at radius 2 is 1.70 bits per heavy atom. The van der Waals surface area contributed by atoms with E-state index in [9.17, 15) is 18.0 Å². The maximum Gasteiger partial charge on any atom is 0.419 e. The highest BCUT2D eigenvalue weighted by Gasteiger charge is 2.25. The molecule has 2 aromatic carbocycles. The predicted molar refractivity (Wildman–Crippen MR) is 125 cm³/mol. The highest BCUT2D eigenvalue weighted by atomic mass is 32.2. The number of nitrogens with one attached hydrogen (secondary N) is 2. The van der Waals surface area contributed by atoms with Crippen LogP contribution in [0.5, 0.6) is 0 Å². The van der Waals surface area contributed by atoms with Gasteiger partial charge in [0.15, 0.2) is 11.3 Å². The van der Waals surface area contributed by atoms with Gasteiger partial charge in [-0.05, 0) is 37.1 Å². The van der Waals surface area contributed by atoms with Crippen LogP contribution in [0.1, 0.15) is 32.1 Å². The van der Waals surface area contributed by atoms with E-state index in [1.165, 1.54) is 29.8 Å². The number of hydrogen-bond acceptors (Lipinski definition) is 7. The second kappa shape index (κ2) is 8.11. The van der Waals surface area contributed by atoms with Gasteiger partial charge in [0.25, 0.3) is 10.0 Å². The molecule has 0 bridgehead atoms. The monoisotopic (exact) mass is 469 g/mol. The van der Waals surface area contributed by atoms with Crippen LogP contribution in [-0.4, -0.2) is 19.0 Å². The van der Waals surface area contributed by atoms with Gasteiger partial charge in [-0.2, -0.15) is 0 Å². The first-order valence-corrected chi connectivity index (χ1v) is 12.3. The highest BCUT2D eigenvalue weighted by molar-refractivity contribution is 7.92. The van der Waals surface area contributed by atoms with Crippen molar-refractivity contribution in [1.29, 1.82) is 0 Å². The van der Waals surface area contributed by atoms with Gasteiger partial charge in [0.1, 0.15) is 5.58 Å². The van der Waals surface area contributed by atoms with Crippen LogP contribution in [0.15, 0.2) is 65.8 Å². The number of hydrogen-bond donors (Lipinski definition) is 2. The fourth-order valence-corrected chi connectivity index (χ4v) is 5.40. The van der Waals surface area contributed by atoms with E-state index in [2.05, 4.69) is 10.0 Å². The Balaban J connectivity index is 1.60. The van der Waals surface area contributed by atoms with E-state index in [1.54, 1.807) is 24.3 Å². The number of anilines is 2. The number of sulfonamides is 1. The molecule has 33 heavy (non-hydrogen) atoms. The van der Waals surface area contributed by atoms with E-state index in [0.717, 1.165) is 32.1 Å². The number of fused-ring (bicyclic) bond motifs is 2. The Morgan fingerprint density at radius 3 is 2.48 bits per heavy atom. The van der Waals surface area contributed by atoms with E-state index in [-0.39, 0.29) is 22.2 Å². The third-order valence-corrected chi connectivity index (χ3v) is 7.42. The van der Waals surface area contributed by atoms with E-state index in [4.69, 9.17) is 8.83 Å². The van der Waals surface area contributed by atoms with Crippen LogP contribution in [0.3, 0.4) is 0 Å². The Labute approximate surface area is 189 Å². The van der Waals surface area contributed by atoms with Gasteiger partial charge in [-0.25, -0.2) is 18.0 Å². The number of nitrogens with zero attached hydrogens (tertiary/aromatic N) is 1. The zero-order chi connectivity index (χ0) is 23.2. The van der Waals surface area contributed by atoms with Gasteiger partial charge in [0, 0.05) is 24.5 Å². The molecule has 4 aromatic rings. The van der Waals surface area contributed by atoms with E-state index in [1.807, 2.05) is 0 Å². The van der Waals surface area contributed by atoms with Gasteiger partial charge in [0.05, 0.1) is 16.1 Å². The second-order valence-corrected chi connectivity index (χ2v) is 9.96. The number of oxazole rings is 1. The molecule has 5 rings (SSSR count). The van der Waals surface area contributed by atoms with Crippen molar-refractivity contribution in [3.8, 4) is 0 Å². The summed E-state index contributed by atoms with van der Waals surface area (Å²) in [5.41, 5.74) is 0.415. The molecule has 2 heterocycles. The molecule has 0 saturated heterocycles. The minimum absolute atomic E-state index is 0.127. The van der Waals surface area contributed by atoms with Crippen molar-refractivity contribution in [2.24, 2.45) is 7.05 Å². The molecule has 0 atom stereocenters. The Morgan fingerprint density at radius 1 is 0.939 bits per heavy atom. The van der Waals surface area contributed by atoms with Gasteiger partial charge >= 0.3 is 11.4 Å². The van der Waals surface area contributed by atoms with Crippen molar-refractivity contribution in [3.05, 3.63) is 63.4 Å². The number of para-hydroxylation sites is 1. The normalized spacial score (nSPS) is 15.2. The van der Waals surface area contributed by atoms with Crippen LogP contribution in [0.25, 0.3) is 22.1 Å². The lowest BCUT2D eigenvalue weighted by Gasteiger charge is -2.25. The van der Waals surface area contributed by atoms with Crippen molar-refractivity contribution in [2.75, 3.05) is 10.0 Å². The fourth-order valence-electron chi connectivity index (χ4n) is 4.32. The molecular formula is C23H23N3O6S. The van der Waals surface area contributed by atoms with Crippen molar-refractivity contribution < 1.29 is 17.3 Å². The Kier molecular flexibility index (Phi) is 5.24. The van der Waals surface area contributed by atoms with Crippen LogP contribution in [0.4, 0.5) is 11.4 Å². The van der Waals surface area contributed by atoms with Gasteiger partial charge in [-0.15, -0.1) is 0 Å². The molecule has 0 radical (unpaired) electrons. The first kappa shape index (κ1) is 21.3. The molecule has 0 spiro atoms. The summed E-state index contributed by atoms with van der Waals surface area (Å²) in [7, 11) is -2.65. The van der Waals surface area contributed by atoms with Gasteiger partial charge < -0.3 is 14.2 Å². The van der Waals surface area contributed by atoms with Crippen molar-refractivity contribution in [2.45, 2.75) is 43.0 Å². The van der Waals surface area contributed by atoms with Crippen LogP contribution < -0.4 is 21.4 Å². The number of rotatable bonds is 5. The second-order valence-electron chi connectivity index (χ2n) is 8.28. The van der Waals surface area contributed by atoms with E-state index in [0.29, 0.717) is 22.2 Å². The average molecular weight is 470 g/mol. The summed E-state index contributed by atoms with van der Waals surface area (Å²) >= 11 is 0. The summed E-state index contributed by atoms with van der Waals surface area (Å²) in [4.78, 5) is 24.5. The van der Waals surface area contributed by atoms with E-state index >= 15 is 0 Å². The number of benzene rings is 2. The predicted octanol–water partition coefficient (Wildman–Crippen LogP) is 3.78. The average Bonchev–Trinajstić information content (AvgIpc) is 3.09. The lowest BCUT2D eigenvalue weighted by molar-refractivity contribution is 0.462. The molecule has 172 valence electrons.